The molecule has 1 saturated heterocycles. The first kappa shape index (κ1) is 18.5. The molecule has 0 spiro atoms. The Morgan fingerprint density at radius 1 is 0.963 bits per heavy atom. The van der Waals surface area contributed by atoms with Gasteiger partial charge in [-0.05, 0) is 29.8 Å². The lowest BCUT2D eigenvalue weighted by Gasteiger charge is -2.29. The van der Waals surface area contributed by atoms with Crippen molar-refractivity contribution >= 4 is 17.6 Å². The summed E-state index contributed by atoms with van der Waals surface area (Å²) in [4.78, 5) is 23.8. The fourth-order valence-electron chi connectivity index (χ4n) is 2.51. The maximum absolute atomic E-state index is 11.9. The molecule has 140 valence electrons. The number of ether oxygens (including phenoxy) is 3. The lowest BCUT2D eigenvalue weighted by Crippen LogP contribution is -2.42. The second-order valence-corrected chi connectivity index (χ2v) is 6.49. The predicted molar refractivity (Wildman–Crippen MR) is 100 cm³/mol. The van der Waals surface area contributed by atoms with Crippen LogP contribution in [-0.2, 0) is 25.5 Å². The third-order valence-corrected chi connectivity index (χ3v) is 3.86. The third kappa shape index (κ3) is 5.10. The van der Waals surface area contributed by atoms with Gasteiger partial charge < -0.3 is 19.5 Å². The van der Waals surface area contributed by atoms with E-state index in [0.717, 1.165) is 12.2 Å². The van der Waals surface area contributed by atoms with Crippen LogP contribution in [0.25, 0.3) is 0 Å². The molecule has 1 fully saturated rings. The van der Waals surface area contributed by atoms with E-state index in [1.54, 1.807) is 12.1 Å². The molecular formula is C21H21NO5. The van der Waals surface area contributed by atoms with Gasteiger partial charge in [0.15, 0.2) is 5.57 Å². The van der Waals surface area contributed by atoms with E-state index in [1.807, 2.05) is 30.3 Å². The minimum absolute atomic E-state index is 0.183. The molecule has 27 heavy (non-hydrogen) atoms. The van der Waals surface area contributed by atoms with Crippen LogP contribution in [-0.4, -0.2) is 24.3 Å². The Morgan fingerprint density at radius 2 is 1.59 bits per heavy atom. The van der Waals surface area contributed by atoms with Crippen molar-refractivity contribution in [3.63, 3.8) is 0 Å². The molecule has 0 bridgehead atoms. The SMILES string of the molecule is CC1(C)OC(=O)C(=CNc2ccc(OCCc3ccccc3)cc2)C(=O)O1. The van der Waals surface area contributed by atoms with Crippen LogP contribution in [0.2, 0.25) is 0 Å². The Kier molecular flexibility index (Phi) is 5.45. The standard InChI is InChI=1S/C21H21NO5/c1-21(2)26-19(23)18(20(24)27-21)14-22-16-8-10-17(11-9-16)25-13-12-15-6-4-3-5-7-15/h3-11,14,22H,12-13H2,1-2H3. The second kappa shape index (κ2) is 7.95. The van der Waals surface area contributed by atoms with Crippen LogP contribution in [0.4, 0.5) is 5.69 Å². The van der Waals surface area contributed by atoms with Crippen LogP contribution in [0.5, 0.6) is 5.75 Å². The van der Waals surface area contributed by atoms with E-state index in [2.05, 4.69) is 17.4 Å². The van der Waals surface area contributed by atoms with Crippen molar-refractivity contribution in [2.75, 3.05) is 11.9 Å². The number of benzene rings is 2. The van der Waals surface area contributed by atoms with E-state index in [0.29, 0.717) is 12.3 Å². The monoisotopic (exact) mass is 367 g/mol. The molecule has 0 aliphatic carbocycles. The molecule has 6 nitrogen and oxygen atoms in total. The molecule has 1 heterocycles. The van der Waals surface area contributed by atoms with Gasteiger partial charge in [0.25, 0.3) is 5.79 Å². The number of hydrogen-bond acceptors (Lipinski definition) is 6. The molecule has 0 saturated carbocycles. The molecule has 3 rings (SSSR count). The average Bonchev–Trinajstić information content (AvgIpc) is 2.62. The number of cyclic esters (lactones) is 2. The normalized spacial score (nSPS) is 15.6. The zero-order chi connectivity index (χ0) is 19.3. The minimum Gasteiger partial charge on any atom is -0.493 e. The summed E-state index contributed by atoms with van der Waals surface area (Å²) < 4.78 is 15.8. The summed E-state index contributed by atoms with van der Waals surface area (Å²) in [5.41, 5.74) is 1.73. The van der Waals surface area contributed by atoms with Crippen LogP contribution in [0.1, 0.15) is 19.4 Å². The van der Waals surface area contributed by atoms with Gasteiger partial charge in [-0.25, -0.2) is 9.59 Å². The van der Waals surface area contributed by atoms with Crippen molar-refractivity contribution in [2.45, 2.75) is 26.1 Å². The first-order valence-electron chi connectivity index (χ1n) is 8.63. The molecule has 0 amide bonds. The highest BCUT2D eigenvalue weighted by Crippen LogP contribution is 2.23. The maximum Gasteiger partial charge on any atom is 0.350 e. The largest absolute Gasteiger partial charge is 0.493 e. The predicted octanol–water partition coefficient (Wildman–Crippen LogP) is 3.44. The van der Waals surface area contributed by atoms with E-state index in [4.69, 9.17) is 14.2 Å². The summed E-state index contributed by atoms with van der Waals surface area (Å²) in [5.74, 6) is -1.94. The van der Waals surface area contributed by atoms with Gasteiger partial charge in [0.1, 0.15) is 5.75 Å². The van der Waals surface area contributed by atoms with Gasteiger partial charge in [-0.15, -0.1) is 0 Å². The number of nitrogens with one attached hydrogen (secondary N) is 1. The van der Waals surface area contributed by atoms with Crippen LogP contribution in [0, 0.1) is 0 Å². The Labute approximate surface area is 157 Å². The van der Waals surface area contributed by atoms with Gasteiger partial charge in [-0.3, -0.25) is 0 Å². The summed E-state index contributed by atoms with van der Waals surface area (Å²) in [5, 5.41) is 2.89. The average molecular weight is 367 g/mol. The van der Waals surface area contributed by atoms with Gasteiger partial charge in [0.05, 0.1) is 6.61 Å². The van der Waals surface area contributed by atoms with E-state index in [1.165, 1.54) is 25.6 Å². The van der Waals surface area contributed by atoms with Gasteiger partial charge in [-0.2, -0.15) is 0 Å². The molecule has 1 aliphatic rings. The zero-order valence-electron chi connectivity index (χ0n) is 15.2. The highest BCUT2D eigenvalue weighted by Gasteiger charge is 2.38. The molecule has 6 heteroatoms. The van der Waals surface area contributed by atoms with Crippen molar-refractivity contribution < 1.29 is 23.8 Å². The highest BCUT2D eigenvalue weighted by atomic mass is 16.7. The van der Waals surface area contributed by atoms with E-state index < -0.39 is 17.7 Å². The first-order chi connectivity index (χ1) is 12.9. The van der Waals surface area contributed by atoms with E-state index in [-0.39, 0.29) is 5.57 Å². The zero-order valence-corrected chi connectivity index (χ0v) is 15.2. The molecule has 1 N–H and O–H groups in total. The molecule has 0 unspecified atom stereocenters. The summed E-state index contributed by atoms with van der Waals surface area (Å²) >= 11 is 0. The van der Waals surface area contributed by atoms with Crippen molar-refractivity contribution in [3.05, 3.63) is 71.9 Å². The summed E-state index contributed by atoms with van der Waals surface area (Å²) in [6.45, 7) is 3.58. The number of hydrogen-bond donors (Lipinski definition) is 1. The molecule has 0 atom stereocenters. The Bertz CT molecular complexity index is 819. The van der Waals surface area contributed by atoms with E-state index in [9.17, 15) is 9.59 Å². The van der Waals surface area contributed by atoms with Crippen molar-refractivity contribution in [3.8, 4) is 5.75 Å². The van der Waals surface area contributed by atoms with Crippen LogP contribution in [0.3, 0.4) is 0 Å². The lowest BCUT2D eigenvalue weighted by molar-refractivity contribution is -0.222. The number of anilines is 1. The van der Waals surface area contributed by atoms with Gasteiger partial charge in [-0.1, -0.05) is 30.3 Å². The number of carbonyl (C=O) groups excluding carboxylic acids is 2. The number of carbonyl (C=O) groups is 2. The number of esters is 2. The molecule has 0 radical (unpaired) electrons. The van der Waals surface area contributed by atoms with Gasteiger partial charge in [0, 0.05) is 32.2 Å². The minimum atomic E-state index is -1.25. The quantitative estimate of drug-likeness (QED) is 0.479. The third-order valence-electron chi connectivity index (χ3n) is 3.86. The highest BCUT2D eigenvalue weighted by molar-refractivity contribution is 6.15. The second-order valence-electron chi connectivity index (χ2n) is 6.49. The van der Waals surface area contributed by atoms with Crippen LogP contribution < -0.4 is 10.1 Å². The lowest BCUT2D eigenvalue weighted by atomic mass is 10.2. The molecule has 2 aromatic rings. The molecule has 1 aliphatic heterocycles. The summed E-state index contributed by atoms with van der Waals surface area (Å²) in [6, 6.07) is 17.3. The topological polar surface area (TPSA) is 73.9 Å². The maximum atomic E-state index is 11.9. The van der Waals surface area contributed by atoms with Crippen LogP contribution in [0.15, 0.2) is 66.4 Å². The van der Waals surface area contributed by atoms with Gasteiger partial charge >= 0.3 is 11.9 Å². The van der Waals surface area contributed by atoms with Crippen molar-refractivity contribution in [1.82, 2.24) is 0 Å². The van der Waals surface area contributed by atoms with Crippen molar-refractivity contribution in [2.24, 2.45) is 0 Å². The molecular weight excluding hydrogens is 346 g/mol. The Morgan fingerprint density at radius 3 is 2.22 bits per heavy atom. The number of rotatable bonds is 6. The molecule has 2 aromatic carbocycles. The smallest absolute Gasteiger partial charge is 0.350 e. The van der Waals surface area contributed by atoms with E-state index >= 15 is 0 Å². The fourth-order valence-corrected chi connectivity index (χ4v) is 2.51. The molecule has 0 aromatic heterocycles. The van der Waals surface area contributed by atoms with Crippen molar-refractivity contribution in [1.29, 1.82) is 0 Å². The fraction of sp³-hybridized carbons (Fsp3) is 0.238. The summed E-state index contributed by atoms with van der Waals surface area (Å²) in [7, 11) is 0. The Hall–Kier alpha value is -3.28. The van der Waals surface area contributed by atoms with Crippen LogP contribution >= 0.6 is 0 Å². The van der Waals surface area contributed by atoms with Gasteiger partial charge in [0.2, 0.25) is 0 Å². The summed E-state index contributed by atoms with van der Waals surface area (Å²) in [6.07, 6.45) is 2.11. The first-order valence-corrected chi connectivity index (χ1v) is 8.63. The Balaban J connectivity index is 1.53.